The first-order valence-electron chi connectivity index (χ1n) is 6.99. The van der Waals surface area contributed by atoms with Gasteiger partial charge in [-0.25, -0.2) is 0 Å². The van der Waals surface area contributed by atoms with Crippen LogP contribution in [0.1, 0.15) is 15.2 Å². The van der Waals surface area contributed by atoms with E-state index in [4.69, 9.17) is 0 Å². The first kappa shape index (κ1) is 14.1. The fourth-order valence-electron chi connectivity index (χ4n) is 2.63. The molecule has 1 atom stereocenters. The van der Waals surface area contributed by atoms with Gasteiger partial charge in [0.25, 0.3) is 5.91 Å². The van der Waals surface area contributed by atoms with Crippen LogP contribution in [0.4, 0.5) is 5.69 Å². The van der Waals surface area contributed by atoms with E-state index >= 15 is 0 Å². The molecule has 1 N–H and O–H groups in total. The third-order valence-corrected chi connectivity index (χ3v) is 4.47. The van der Waals surface area contributed by atoms with Crippen molar-refractivity contribution in [1.82, 2.24) is 10.2 Å². The van der Waals surface area contributed by atoms with Crippen molar-refractivity contribution >= 4 is 22.9 Å². The van der Waals surface area contributed by atoms with Crippen LogP contribution in [0.2, 0.25) is 0 Å². The molecule has 0 saturated carbocycles. The molecule has 1 aliphatic rings. The van der Waals surface area contributed by atoms with Gasteiger partial charge in [0.15, 0.2) is 0 Å². The van der Waals surface area contributed by atoms with Crippen molar-refractivity contribution in [3.05, 3.63) is 52.2 Å². The Labute approximate surface area is 129 Å². The minimum atomic E-state index is -0.00481. The van der Waals surface area contributed by atoms with Gasteiger partial charge in [0.2, 0.25) is 0 Å². The highest BCUT2D eigenvalue weighted by Gasteiger charge is 2.31. The molecular formula is C16H19N3OS. The highest BCUT2D eigenvalue weighted by atomic mass is 32.1. The van der Waals surface area contributed by atoms with Gasteiger partial charge < -0.3 is 15.1 Å². The van der Waals surface area contributed by atoms with Gasteiger partial charge in [-0.1, -0.05) is 30.3 Å². The highest BCUT2D eigenvalue weighted by Crippen LogP contribution is 2.32. The second-order valence-corrected chi connectivity index (χ2v) is 6.42. The number of nitrogens with zero attached hydrogens (tertiary/aromatic N) is 2. The largest absolute Gasteiger partial charge is 0.344 e. The Bertz CT molecular complexity index is 623. The number of amides is 1. The van der Waals surface area contributed by atoms with E-state index in [2.05, 4.69) is 27.2 Å². The molecule has 1 aromatic carbocycles. The second kappa shape index (κ2) is 5.87. The van der Waals surface area contributed by atoms with E-state index in [1.165, 1.54) is 16.9 Å². The Hall–Kier alpha value is -1.85. The summed E-state index contributed by atoms with van der Waals surface area (Å²) in [5.41, 5.74) is 2.29. The summed E-state index contributed by atoms with van der Waals surface area (Å²) in [6.45, 7) is 1.58. The monoisotopic (exact) mass is 301 g/mol. The molecule has 3 rings (SSSR count). The standard InChI is InChI=1S/C16H19N3OS/c1-18(2)11-14-17-16(20)15-13(8-9-21-15)19(14)10-12-6-4-3-5-7-12/h3-9,14H,10-11H2,1-2H3,(H,17,20). The van der Waals surface area contributed by atoms with Gasteiger partial charge in [0.05, 0.1) is 5.69 Å². The molecule has 1 aromatic heterocycles. The van der Waals surface area contributed by atoms with Gasteiger partial charge in [0.1, 0.15) is 11.0 Å². The van der Waals surface area contributed by atoms with Gasteiger partial charge >= 0.3 is 0 Å². The van der Waals surface area contributed by atoms with E-state index in [-0.39, 0.29) is 12.1 Å². The summed E-state index contributed by atoms with van der Waals surface area (Å²) in [4.78, 5) is 17.4. The fourth-order valence-corrected chi connectivity index (χ4v) is 3.43. The molecule has 0 saturated heterocycles. The number of anilines is 1. The Morgan fingerprint density at radius 1 is 1.24 bits per heavy atom. The Morgan fingerprint density at radius 3 is 2.71 bits per heavy atom. The maximum Gasteiger partial charge on any atom is 0.265 e. The normalized spacial score (nSPS) is 17.8. The van der Waals surface area contributed by atoms with Crippen LogP contribution in [0.3, 0.4) is 0 Å². The predicted molar refractivity (Wildman–Crippen MR) is 86.8 cm³/mol. The van der Waals surface area contributed by atoms with E-state index in [9.17, 15) is 4.79 Å². The summed E-state index contributed by atoms with van der Waals surface area (Å²) < 4.78 is 0. The predicted octanol–water partition coefficient (Wildman–Crippen LogP) is 2.39. The van der Waals surface area contributed by atoms with Gasteiger partial charge in [-0.05, 0) is 31.1 Å². The lowest BCUT2D eigenvalue weighted by Crippen LogP contribution is -2.56. The first-order chi connectivity index (χ1) is 10.1. The molecule has 4 nitrogen and oxygen atoms in total. The number of carbonyl (C=O) groups is 1. The molecule has 1 amide bonds. The number of benzene rings is 1. The van der Waals surface area contributed by atoms with Crippen LogP contribution in [0.5, 0.6) is 0 Å². The summed E-state index contributed by atoms with van der Waals surface area (Å²) in [6.07, 6.45) is -0.00481. The molecule has 0 bridgehead atoms. The van der Waals surface area contributed by atoms with Gasteiger partial charge in [0, 0.05) is 13.1 Å². The van der Waals surface area contributed by atoms with Gasteiger partial charge in [-0.15, -0.1) is 11.3 Å². The van der Waals surface area contributed by atoms with E-state index in [1.54, 1.807) is 0 Å². The molecule has 0 spiro atoms. The molecular weight excluding hydrogens is 282 g/mol. The minimum absolute atomic E-state index is 0.00481. The van der Waals surface area contributed by atoms with Gasteiger partial charge in [-0.3, -0.25) is 4.79 Å². The van der Waals surface area contributed by atoms with Crippen LogP contribution in [0.15, 0.2) is 41.8 Å². The fraction of sp³-hybridized carbons (Fsp3) is 0.312. The summed E-state index contributed by atoms with van der Waals surface area (Å²) in [5, 5.41) is 5.10. The first-order valence-corrected chi connectivity index (χ1v) is 7.87. The number of carbonyl (C=O) groups excluding carboxylic acids is 1. The molecule has 0 aliphatic carbocycles. The Kier molecular flexibility index (Phi) is 3.94. The molecule has 110 valence electrons. The molecule has 1 unspecified atom stereocenters. The number of rotatable bonds is 4. The number of hydrogen-bond donors (Lipinski definition) is 1. The number of thiophene rings is 1. The van der Waals surface area contributed by atoms with Crippen LogP contribution >= 0.6 is 11.3 Å². The summed E-state index contributed by atoms with van der Waals surface area (Å²) in [6, 6.07) is 12.4. The number of likely N-dealkylation sites (N-methyl/N-ethyl adjacent to an activating group) is 1. The van der Waals surface area contributed by atoms with Crippen LogP contribution in [0.25, 0.3) is 0 Å². The van der Waals surface area contributed by atoms with Crippen molar-refractivity contribution < 1.29 is 4.79 Å². The SMILES string of the molecule is CN(C)CC1NC(=O)c2sccc2N1Cc1ccccc1. The van der Waals surface area contributed by atoms with Crippen molar-refractivity contribution in [2.45, 2.75) is 12.7 Å². The third kappa shape index (κ3) is 2.94. The number of hydrogen-bond acceptors (Lipinski definition) is 4. The van der Waals surface area contributed by atoms with Crippen molar-refractivity contribution in [2.75, 3.05) is 25.5 Å². The highest BCUT2D eigenvalue weighted by molar-refractivity contribution is 7.12. The summed E-state index contributed by atoms with van der Waals surface area (Å²) in [7, 11) is 4.05. The topological polar surface area (TPSA) is 35.6 Å². The molecule has 0 fully saturated rings. The molecule has 0 radical (unpaired) electrons. The number of nitrogens with one attached hydrogen (secondary N) is 1. The zero-order valence-corrected chi connectivity index (χ0v) is 13.1. The lowest BCUT2D eigenvalue weighted by Gasteiger charge is -2.39. The zero-order valence-electron chi connectivity index (χ0n) is 12.2. The Morgan fingerprint density at radius 2 is 2.00 bits per heavy atom. The molecule has 5 heteroatoms. The van der Waals surface area contributed by atoms with E-state index in [0.717, 1.165) is 23.7 Å². The van der Waals surface area contributed by atoms with Crippen molar-refractivity contribution in [2.24, 2.45) is 0 Å². The molecule has 2 aromatic rings. The van der Waals surface area contributed by atoms with Crippen molar-refractivity contribution in [1.29, 1.82) is 0 Å². The molecule has 2 heterocycles. The summed E-state index contributed by atoms with van der Waals surface area (Å²) in [5.74, 6) is 0.0381. The van der Waals surface area contributed by atoms with E-state index in [0.29, 0.717) is 0 Å². The summed E-state index contributed by atoms with van der Waals surface area (Å²) >= 11 is 1.50. The zero-order chi connectivity index (χ0) is 14.8. The average Bonchev–Trinajstić information content (AvgIpc) is 2.93. The lowest BCUT2D eigenvalue weighted by molar-refractivity contribution is 0.0923. The lowest BCUT2D eigenvalue weighted by atomic mass is 10.1. The molecule has 21 heavy (non-hydrogen) atoms. The number of fused-ring (bicyclic) bond motifs is 1. The quantitative estimate of drug-likeness (QED) is 0.942. The smallest absolute Gasteiger partial charge is 0.265 e. The van der Waals surface area contributed by atoms with Crippen LogP contribution in [-0.4, -0.2) is 37.6 Å². The van der Waals surface area contributed by atoms with Gasteiger partial charge in [-0.2, -0.15) is 0 Å². The molecule has 1 aliphatic heterocycles. The maximum absolute atomic E-state index is 12.2. The Balaban J connectivity index is 1.92. The minimum Gasteiger partial charge on any atom is -0.344 e. The maximum atomic E-state index is 12.2. The van der Waals surface area contributed by atoms with Crippen molar-refractivity contribution in [3.63, 3.8) is 0 Å². The van der Waals surface area contributed by atoms with Crippen molar-refractivity contribution in [3.8, 4) is 0 Å². The third-order valence-electron chi connectivity index (χ3n) is 3.57. The average molecular weight is 301 g/mol. The second-order valence-electron chi connectivity index (χ2n) is 5.50. The van der Waals surface area contributed by atoms with Crippen LogP contribution < -0.4 is 10.2 Å². The van der Waals surface area contributed by atoms with Crippen LogP contribution in [-0.2, 0) is 6.54 Å². The van der Waals surface area contributed by atoms with Crippen LogP contribution in [0, 0.1) is 0 Å². The van der Waals surface area contributed by atoms with E-state index in [1.807, 2.05) is 43.7 Å². The van der Waals surface area contributed by atoms with E-state index < -0.39 is 0 Å².